The molecule has 2 rings (SSSR count). The average molecular weight is 210 g/mol. The highest BCUT2D eigenvalue weighted by Crippen LogP contribution is 2.15. The molecule has 1 fully saturated rings. The lowest BCUT2D eigenvalue weighted by Gasteiger charge is -2.22. The molecule has 1 aliphatic heterocycles. The molecule has 0 saturated carbocycles. The number of hydrogen-bond acceptors (Lipinski definition) is 5. The van der Waals surface area contributed by atoms with E-state index >= 15 is 0 Å². The molecule has 0 aromatic carbocycles. The van der Waals surface area contributed by atoms with Crippen molar-refractivity contribution in [3.8, 4) is 0 Å². The second-order valence-corrected chi connectivity index (χ2v) is 4.28. The monoisotopic (exact) mass is 210 g/mol. The van der Waals surface area contributed by atoms with E-state index < -0.39 is 0 Å². The molecule has 0 unspecified atom stereocenters. The van der Waals surface area contributed by atoms with Crippen LogP contribution in [0.3, 0.4) is 0 Å². The molecule has 0 amide bonds. The summed E-state index contributed by atoms with van der Waals surface area (Å²) in [5.41, 5.74) is 0. The fourth-order valence-electron chi connectivity index (χ4n) is 1.67. The summed E-state index contributed by atoms with van der Waals surface area (Å²) in [6, 6.07) is 1.03. The average Bonchev–Trinajstić information content (AvgIpc) is 2.68. The first-order chi connectivity index (χ1) is 7.25. The highest BCUT2D eigenvalue weighted by molar-refractivity contribution is 5.21. The summed E-state index contributed by atoms with van der Waals surface area (Å²) in [5, 5.41) is 10.5. The minimum atomic E-state index is 0.317. The van der Waals surface area contributed by atoms with Crippen molar-refractivity contribution in [1.82, 2.24) is 15.5 Å². The van der Waals surface area contributed by atoms with E-state index in [-0.39, 0.29) is 0 Å². The molecular weight excluding hydrogens is 192 g/mol. The summed E-state index contributed by atoms with van der Waals surface area (Å²) in [4.78, 5) is 4.29. The standard InChI is InChI=1S/C10H18N4O/c1-7(2)9-13-10(15-14-9)12-8-3-5-11-6-4-8/h7-8,11H,3-6H2,1-2H3,(H,12,13,14). The minimum absolute atomic E-state index is 0.317. The van der Waals surface area contributed by atoms with Crippen molar-refractivity contribution in [2.75, 3.05) is 18.4 Å². The van der Waals surface area contributed by atoms with Gasteiger partial charge < -0.3 is 15.2 Å². The van der Waals surface area contributed by atoms with Gasteiger partial charge in [-0.3, -0.25) is 0 Å². The van der Waals surface area contributed by atoms with Crippen LogP contribution in [0.1, 0.15) is 38.4 Å². The number of hydrogen-bond donors (Lipinski definition) is 2. The van der Waals surface area contributed by atoms with Gasteiger partial charge >= 0.3 is 6.01 Å². The van der Waals surface area contributed by atoms with Gasteiger partial charge in [-0.05, 0) is 25.9 Å². The third-order valence-electron chi connectivity index (χ3n) is 2.62. The van der Waals surface area contributed by atoms with Gasteiger partial charge in [0.25, 0.3) is 0 Å². The second kappa shape index (κ2) is 4.61. The Hall–Kier alpha value is -1.10. The van der Waals surface area contributed by atoms with E-state index in [4.69, 9.17) is 4.52 Å². The van der Waals surface area contributed by atoms with Crippen LogP contribution >= 0.6 is 0 Å². The molecule has 1 aromatic rings. The molecule has 5 nitrogen and oxygen atoms in total. The van der Waals surface area contributed by atoms with Gasteiger partial charge in [0.05, 0.1) is 0 Å². The van der Waals surface area contributed by atoms with Crippen LogP contribution in [-0.2, 0) is 0 Å². The molecule has 0 bridgehead atoms. The van der Waals surface area contributed by atoms with Gasteiger partial charge in [0.2, 0.25) is 0 Å². The molecule has 1 aliphatic rings. The number of rotatable bonds is 3. The largest absolute Gasteiger partial charge is 0.335 e. The van der Waals surface area contributed by atoms with Gasteiger partial charge in [-0.1, -0.05) is 19.0 Å². The Morgan fingerprint density at radius 2 is 2.13 bits per heavy atom. The summed E-state index contributed by atoms with van der Waals surface area (Å²) in [7, 11) is 0. The third kappa shape index (κ3) is 2.68. The summed E-state index contributed by atoms with van der Waals surface area (Å²) in [6.07, 6.45) is 2.22. The zero-order valence-corrected chi connectivity index (χ0v) is 9.29. The van der Waals surface area contributed by atoms with Gasteiger partial charge in [-0.2, -0.15) is 4.98 Å². The molecule has 2 N–H and O–H groups in total. The zero-order chi connectivity index (χ0) is 10.7. The fourth-order valence-corrected chi connectivity index (χ4v) is 1.67. The molecule has 2 heterocycles. The summed E-state index contributed by atoms with van der Waals surface area (Å²) in [6.45, 7) is 6.23. The van der Waals surface area contributed by atoms with E-state index in [2.05, 4.69) is 34.6 Å². The Labute approximate surface area is 89.6 Å². The van der Waals surface area contributed by atoms with Crippen LogP contribution in [0.5, 0.6) is 0 Å². The van der Waals surface area contributed by atoms with Gasteiger partial charge in [-0.15, -0.1) is 0 Å². The van der Waals surface area contributed by atoms with E-state index in [9.17, 15) is 0 Å². The first kappa shape index (κ1) is 10.4. The normalized spacial score (nSPS) is 18.3. The zero-order valence-electron chi connectivity index (χ0n) is 9.29. The molecule has 1 saturated heterocycles. The van der Waals surface area contributed by atoms with E-state index in [1.807, 2.05) is 0 Å². The highest BCUT2D eigenvalue weighted by atomic mass is 16.5. The molecule has 15 heavy (non-hydrogen) atoms. The van der Waals surface area contributed by atoms with Crippen molar-refractivity contribution in [2.45, 2.75) is 38.6 Å². The lowest BCUT2D eigenvalue weighted by Crippen LogP contribution is -2.35. The smallest absolute Gasteiger partial charge is 0.321 e. The number of anilines is 1. The number of nitrogens with one attached hydrogen (secondary N) is 2. The Balaban J connectivity index is 1.91. The maximum Gasteiger partial charge on any atom is 0.321 e. The SMILES string of the molecule is CC(C)c1noc(NC2CCNCC2)n1. The predicted molar refractivity (Wildman–Crippen MR) is 57.9 cm³/mol. The number of aromatic nitrogens is 2. The summed E-state index contributed by atoms with van der Waals surface area (Å²) < 4.78 is 5.14. The first-order valence-corrected chi connectivity index (χ1v) is 5.56. The fraction of sp³-hybridized carbons (Fsp3) is 0.800. The van der Waals surface area contributed by atoms with E-state index in [1.165, 1.54) is 0 Å². The van der Waals surface area contributed by atoms with Gasteiger partial charge in [0, 0.05) is 12.0 Å². The van der Waals surface area contributed by atoms with Crippen LogP contribution in [-0.4, -0.2) is 29.3 Å². The quantitative estimate of drug-likeness (QED) is 0.788. The molecule has 0 spiro atoms. The van der Waals surface area contributed by atoms with Crippen LogP contribution in [0, 0.1) is 0 Å². The predicted octanol–water partition coefficient (Wildman–Crippen LogP) is 1.36. The van der Waals surface area contributed by atoms with Crippen molar-refractivity contribution in [3.05, 3.63) is 5.82 Å². The molecule has 0 atom stereocenters. The Morgan fingerprint density at radius 3 is 2.73 bits per heavy atom. The van der Waals surface area contributed by atoms with Crippen LogP contribution in [0.2, 0.25) is 0 Å². The lowest BCUT2D eigenvalue weighted by atomic mass is 10.1. The molecule has 0 aliphatic carbocycles. The van der Waals surface area contributed by atoms with E-state index in [0.717, 1.165) is 31.8 Å². The van der Waals surface area contributed by atoms with Crippen molar-refractivity contribution in [2.24, 2.45) is 0 Å². The number of nitrogens with zero attached hydrogens (tertiary/aromatic N) is 2. The highest BCUT2D eigenvalue weighted by Gasteiger charge is 2.16. The van der Waals surface area contributed by atoms with Gasteiger partial charge in [-0.25, -0.2) is 0 Å². The van der Waals surface area contributed by atoms with Crippen LogP contribution in [0.25, 0.3) is 0 Å². The van der Waals surface area contributed by atoms with Gasteiger partial charge in [0.15, 0.2) is 5.82 Å². The maximum absolute atomic E-state index is 5.14. The van der Waals surface area contributed by atoms with Crippen molar-refractivity contribution < 1.29 is 4.52 Å². The molecule has 84 valence electrons. The van der Waals surface area contributed by atoms with E-state index in [0.29, 0.717) is 18.0 Å². The topological polar surface area (TPSA) is 63.0 Å². The number of piperidine rings is 1. The van der Waals surface area contributed by atoms with Crippen LogP contribution in [0.15, 0.2) is 4.52 Å². The molecular formula is C10H18N4O. The van der Waals surface area contributed by atoms with E-state index in [1.54, 1.807) is 0 Å². The third-order valence-corrected chi connectivity index (χ3v) is 2.62. The summed E-state index contributed by atoms with van der Waals surface area (Å²) >= 11 is 0. The summed E-state index contributed by atoms with van der Waals surface area (Å²) in [5.74, 6) is 1.09. The minimum Gasteiger partial charge on any atom is -0.335 e. The Morgan fingerprint density at radius 1 is 1.40 bits per heavy atom. The van der Waals surface area contributed by atoms with Gasteiger partial charge in [0.1, 0.15) is 0 Å². The van der Waals surface area contributed by atoms with Crippen molar-refractivity contribution in [1.29, 1.82) is 0 Å². The molecule has 5 heteroatoms. The van der Waals surface area contributed by atoms with Crippen LogP contribution < -0.4 is 10.6 Å². The maximum atomic E-state index is 5.14. The lowest BCUT2D eigenvalue weighted by molar-refractivity contribution is 0.404. The first-order valence-electron chi connectivity index (χ1n) is 5.56. The Kier molecular flexibility index (Phi) is 3.20. The van der Waals surface area contributed by atoms with Crippen LogP contribution in [0.4, 0.5) is 6.01 Å². The molecule has 1 aromatic heterocycles. The van der Waals surface area contributed by atoms with Crippen molar-refractivity contribution >= 4 is 6.01 Å². The molecule has 0 radical (unpaired) electrons. The second-order valence-electron chi connectivity index (χ2n) is 4.28. The Bertz CT molecular complexity index is 304. The van der Waals surface area contributed by atoms with Crippen molar-refractivity contribution in [3.63, 3.8) is 0 Å².